The summed E-state index contributed by atoms with van der Waals surface area (Å²) >= 11 is 0. The first-order valence-corrected chi connectivity index (χ1v) is 6.99. The van der Waals surface area contributed by atoms with E-state index in [1.807, 2.05) is 0 Å². The molecular weight excluding hydrogens is 270 g/mol. The predicted molar refractivity (Wildman–Crippen MR) is 75.9 cm³/mol. The van der Waals surface area contributed by atoms with Crippen LogP contribution in [0.3, 0.4) is 0 Å². The van der Waals surface area contributed by atoms with Crippen molar-refractivity contribution in [2.24, 2.45) is 5.92 Å². The zero-order chi connectivity index (χ0) is 14.7. The van der Waals surface area contributed by atoms with Crippen LogP contribution < -0.4 is 5.32 Å². The summed E-state index contributed by atoms with van der Waals surface area (Å²) in [5, 5.41) is 18.9. The van der Waals surface area contributed by atoms with Gasteiger partial charge in [0.15, 0.2) is 0 Å². The number of aliphatic hydroxyl groups excluding tert-OH is 1. The van der Waals surface area contributed by atoms with Gasteiger partial charge in [-0.05, 0) is 31.2 Å². The van der Waals surface area contributed by atoms with Crippen LogP contribution in [0.15, 0.2) is 24.8 Å². The minimum absolute atomic E-state index is 0.188. The van der Waals surface area contributed by atoms with Crippen molar-refractivity contribution in [2.75, 3.05) is 11.9 Å². The summed E-state index contributed by atoms with van der Waals surface area (Å²) in [6.45, 7) is 0.210. The van der Waals surface area contributed by atoms with Crippen LogP contribution >= 0.6 is 0 Å². The highest BCUT2D eigenvalue weighted by atomic mass is 16.3. The van der Waals surface area contributed by atoms with Crippen LogP contribution in [-0.2, 0) is 0 Å². The summed E-state index contributed by atoms with van der Waals surface area (Å²) in [5.74, 6) is 0.677. The van der Waals surface area contributed by atoms with Gasteiger partial charge in [0, 0.05) is 25.0 Å². The molecule has 2 heterocycles. The molecule has 0 aromatic carbocycles. The summed E-state index contributed by atoms with van der Waals surface area (Å²) in [6, 6.07) is 1.85. The molecule has 0 radical (unpaired) electrons. The standard InChI is InChI=1S/C14H17N5O2/c20-7-9-1-2-10(5-9)18-14-11(6-15-8-16-14)13(21)12-3-4-17-19-12/h3-4,6,8-10,20H,1-2,5,7H2,(H,17,19)(H,15,16,18). The first-order valence-electron chi connectivity index (χ1n) is 6.99. The molecule has 3 N–H and O–H groups in total. The van der Waals surface area contributed by atoms with Gasteiger partial charge in [-0.3, -0.25) is 9.89 Å². The molecule has 2 atom stereocenters. The highest BCUT2D eigenvalue weighted by Crippen LogP contribution is 2.28. The van der Waals surface area contributed by atoms with Gasteiger partial charge in [0.2, 0.25) is 5.78 Å². The molecule has 110 valence electrons. The van der Waals surface area contributed by atoms with Gasteiger partial charge in [0.25, 0.3) is 0 Å². The second-order valence-corrected chi connectivity index (χ2v) is 5.29. The molecule has 21 heavy (non-hydrogen) atoms. The number of carbonyl (C=O) groups excluding carboxylic acids is 1. The Kier molecular flexibility index (Phi) is 3.92. The summed E-state index contributed by atoms with van der Waals surface area (Å²) in [6.07, 6.45) is 7.31. The summed E-state index contributed by atoms with van der Waals surface area (Å²) in [4.78, 5) is 20.5. The van der Waals surface area contributed by atoms with Crippen molar-refractivity contribution in [3.05, 3.63) is 36.0 Å². The third-order valence-corrected chi connectivity index (χ3v) is 3.84. The van der Waals surface area contributed by atoms with E-state index in [-0.39, 0.29) is 18.4 Å². The number of rotatable bonds is 5. The van der Waals surface area contributed by atoms with Gasteiger partial charge in [-0.1, -0.05) is 0 Å². The average molecular weight is 287 g/mol. The van der Waals surface area contributed by atoms with Crippen LogP contribution in [0.4, 0.5) is 5.82 Å². The van der Waals surface area contributed by atoms with Crippen molar-refractivity contribution in [1.82, 2.24) is 20.2 Å². The van der Waals surface area contributed by atoms with Crippen LogP contribution in [0.25, 0.3) is 0 Å². The lowest BCUT2D eigenvalue weighted by Crippen LogP contribution is -2.20. The van der Waals surface area contributed by atoms with Crippen molar-refractivity contribution < 1.29 is 9.90 Å². The number of aromatic nitrogens is 4. The lowest BCUT2D eigenvalue weighted by Gasteiger charge is -2.15. The smallest absolute Gasteiger partial charge is 0.216 e. The molecule has 0 amide bonds. The van der Waals surface area contributed by atoms with E-state index in [9.17, 15) is 9.90 Å². The Morgan fingerprint density at radius 2 is 2.38 bits per heavy atom. The Bertz CT molecular complexity index is 614. The number of ketones is 1. The third-order valence-electron chi connectivity index (χ3n) is 3.84. The quantitative estimate of drug-likeness (QED) is 0.709. The topological polar surface area (TPSA) is 104 Å². The highest BCUT2D eigenvalue weighted by molar-refractivity contribution is 6.10. The molecule has 1 aliphatic carbocycles. The number of nitrogens with one attached hydrogen (secondary N) is 2. The average Bonchev–Trinajstić information content (AvgIpc) is 3.18. The molecule has 2 unspecified atom stereocenters. The molecule has 1 saturated carbocycles. The largest absolute Gasteiger partial charge is 0.396 e. The molecule has 0 aliphatic heterocycles. The maximum Gasteiger partial charge on any atom is 0.216 e. The molecule has 7 nitrogen and oxygen atoms in total. The third kappa shape index (κ3) is 2.92. The first-order chi connectivity index (χ1) is 10.3. The second kappa shape index (κ2) is 6.01. The number of anilines is 1. The monoisotopic (exact) mass is 287 g/mol. The fourth-order valence-corrected chi connectivity index (χ4v) is 2.70. The molecule has 0 saturated heterocycles. The Morgan fingerprint density at radius 1 is 1.48 bits per heavy atom. The maximum absolute atomic E-state index is 12.4. The lowest BCUT2D eigenvalue weighted by molar-refractivity contribution is 0.103. The van der Waals surface area contributed by atoms with Gasteiger partial charge >= 0.3 is 0 Å². The Hall–Kier alpha value is -2.28. The molecule has 3 rings (SSSR count). The number of H-pyrrole nitrogens is 1. The highest BCUT2D eigenvalue weighted by Gasteiger charge is 2.26. The van der Waals surface area contributed by atoms with Crippen molar-refractivity contribution in [1.29, 1.82) is 0 Å². The van der Waals surface area contributed by atoms with Gasteiger partial charge in [0.1, 0.15) is 17.8 Å². The number of aromatic amines is 1. The normalized spacial score (nSPS) is 21.4. The van der Waals surface area contributed by atoms with E-state index in [2.05, 4.69) is 25.5 Å². The van der Waals surface area contributed by atoms with Gasteiger partial charge < -0.3 is 10.4 Å². The van der Waals surface area contributed by atoms with Crippen LogP contribution in [-0.4, -0.2) is 43.7 Å². The molecule has 2 aromatic heterocycles. The van der Waals surface area contributed by atoms with Crippen molar-refractivity contribution in [2.45, 2.75) is 25.3 Å². The van der Waals surface area contributed by atoms with E-state index in [0.717, 1.165) is 19.3 Å². The van der Waals surface area contributed by atoms with E-state index < -0.39 is 0 Å². The molecule has 0 spiro atoms. The molecule has 1 aliphatic rings. The van der Waals surface area contributed by atoms with Crippen LogP contribution in [0.2, 0.25) is 0 Å². The van der Waals surface area contributed by atoms with Crippen molar-refractivity contribution >= 4 is 11.6 Å². The lowest BCUT2D eigenvalue weighted by atomic mass is 10.1. The number of nitrogens with zero attached hydrogens (tertiary/aromatic N) is 3. The van der Waals surface area contributed by atoms with Crippen molar-refractivity contribution in [3.8, 4) is 0 Å². The van der Waals surface area contributed by atoms with Gasteiger partial charge in [-0.2, -0.15) is 5.10 Å². The van der Waals surface area contributed by atoms with Crippen LogP contribution in [0.5, 0.6) is 0 Å². The van der Waals surface area contributed by atoms with Gasteiger partial charge in [-0.25, -0.2) is 9.97 Å². The molecule has 7 heteroatoms. The summed E-state index contributed by atoms with van der Waals surface area (Å²) < 4.78 is 0. The predicted octanol–water partition coefficient (Wildman–Crippen LogP) is 1.00. The van der Waals surface area contributed by atoms with E-state index in [1.54, 1.807) is 6.07 Å². The minimum Gasteiger partial charge on any atom is -0.396 e. The SMILES string of the molecule is O=C(c1ccn[nH]1)c1cncnc1NC1CCC(CO)C1. The van der Waals surface area contributed by atoms with Gasteiger partial charge in [-0.15, -0.1) is 0 Å². The summed E-state index contributed by atoms with van der Waals surface area (Å²) in [5.41, 5.74) is 0.835. The number of hydrogen-bond acceptors (Lipinski definition) is 6. The maximum atomic E-state index is 12.4. The zero-order valence-corrected chi connectivity index (χ0v) is 11.5. The second-order valence-electron chi connectivity index (χ2n) is 5.29. The fraction of sp³-hybridized carbons (Fsp3) is 0.429. The number of carbonyl (C=O) groups is 1. The summed E-state index contributed by atoms with van der Waals surface area (Å²) in [7, 11) is 0. The van der Waals surface area contributed by atoms with E-state index >= 15 is 0 Å². The van der Waals surface area contributed by atoms with Crippen LogP contribution in [0.1, 0.15) is 35.3 Å². The van der Waals surface area contributed by atoms with E-state index in [0.29, 0.717) is 23.0 Å². The van der Waals surface area contributed by atoms with Crippen LogP contribution in [0, 0.1) is 5.92 Å². The van der Waals surface area contributed by atoms with E-state index in [4.69, 9.17) is 0 Å². The molecule has 2 aromatic rings. The first kappa shape index (κ1) is 13.7. The zero-order valence-electron chi connectivity index (χ0n) is 11.5. The fourth-order valence-electron chi connectivity index (χ4n) is 2.70. The van der Waals surface area contributed by atoms with Crippen molar-refractivity contribution in [3.63, 3.8) is 0 Å². The number of aliphatic hydroxyl groups is 1. The number of hydrogen-bond donors (Lipinski definition) is 3. The Morgan fingerprint density at radius 3 is 3.10 bits per heavy atom. The Balaban J connectivity index is 1.79. The molecular formula is C14H17N5O2. The van der Waals surface area contributed by atoms with Gasteiger partial charge in [0.05, 0.1) is 5.56 Å². The minimum atomic E-state index is -0.188. The van der Waals surface area contributed by atoms with E-state index in [1.165, 1.54) is 18.7 Å². The molecule has 1 fully saturated rings. The molecule has 0 bridgehead atoms. The Labute approximate surface area is 121 Å².